The van der Waals surface area contributed by atoms with E-state index < -0.39 is 39.9 Å². The smallest absolute Gasteiger partial charge is 0.326 e. The molecule has 3 rings (SSSR count). The zero-order chi connectivity index (χ0) is 18.4. The summed E-state index contributed by atoms with van der Waals surface area (Å²) in [6.45, 7) is 1.20. The van der Waals surface area contributed by atoms with Gasteiger partial charge in [0.15, 0.2) is 11.6 Å². The van der Waals surface area contributed by atoms with Gasteiger partial charge in [-0.25, -0.2) is 13.4 Å². The number of anilines is 1. The molecule has 2 N–H and O–H groups in total. The Labute approximate surface area is 145 Å². The highest BCUT2D eigenvalue weighted by molar-refractivity contribution is 7.92. The Morgan fingerprint density at radius 2 is 2.20 bits per heavy atom. The normalized spacial score (nSPS) is 23.1. The number of phenols is 1. The summed E-state index contributed by atoms with van der Waals surface area (Å²) in [5, 5.41) is 10.2. The molecule has 0 radical (unpaired) electrons. The van der Waals surface area contributed by atoms with Crippen LogP contribution in [-0.4, -0.2) is 58.1 Å². The van der Waals surface area contributed by atoms with E-state index in [1.165, 1.54) is 13.2 Å². The lowest BCUT2D eigenvalue weighted by atomic mass is 9.97. The molecule has 8 nitrogen and oxygen atoms in total. The Hall–Kier alpha value is -2.07. The molecule has 0 aliphatic carbocycles. The molecule has 2 aliphatic heterocycles. The monoisotopic (exact) mass is 373 g/mol. The van der Waals surface area contributed by atoms with Gasteiger partial charge in [-0.15, -0.1) is 0 Å². The van der Waals surface area contributed by atoms with Crippen molar-refractivity contribution in [2.75, 3.05) is 38.1 Å². The first kappa shape index (κ1) is 17.7. The number of methoxy groups -OCH3 is 1. The summed E-state index contributed by atoms with van der Waals surface area (Å²) in [6, 6.07) is 1.31. The van der Waals surface area contributed by atoms with E-state index in [1.807, 2.05) is 7.05 Å². The molecular formula is C15H20FN3O5S. The number of carbonyl (C=O) groups excluding carboxylic acids is 1. The van der Waals surface area contributed by atoms with Crippen molar-refractivity contribution in [2.45, 2.75) is 12.8 Å². The third kappa shape index (κ3) is 3.23. The summed E-state index contributed by atoms with van der Waals surface area (Å²) in [4.78, 5) is 13.5. The number of carbonyl (C=O) groups is 1. The van der Waals surface area contributed by atoms with Crippen molar-refractivity contribution in [3.63, 3.8) is 0 Å². The first-order valence-corrected chi connectivity index (χ1v) is 9.27. The highest BCUT2D eigenvalue weighted by Gasteiger charge is 2.39. The van der Waals surface area contributed by atoms with Gasteiger partial charge >= 0.3 is 10.2 Å². The predicted molar refractivity (Wildman–Crippen MR) is 88.3 cm³/mol. The van der Waals surface area contributed by atoms with Crippen LogP contribution in [0.2, 0.25) is 0 Å². The summed E-state index contributed by atoms with van der Waals surface area (Å²) in [5.41, 5.74) is -0.111. The van der Waals surface area contributed by atoms with Gasteiger partial charge in [-0.05, 0) is 38.4 Å². The molecule has 0 spiro atoms. The molecule has 1 aromatic carbocycles. The third-order valence-corrected chi connectivity index (χ3v) is 5.90. The van der Waals surface area contributed by atoms with Gasteiger partial charge in [0, 0.05) is 12.1 Å². The Morgan fingerprint density at radius 1 is 1.48 bits per heavy atom. The van der Waals surface area contributed by atoms with Crippen molar-refractivity contribution in [1.29, 1.82) is 0 Å². The maximum Gasteiger partial charge on any atom is 0.326 e. The number of nitrogens with one attached hydrogen (secondary N) is 1. The maximum atomic E-state index is 14.9. The van der Waals surface area contributed by atoms with Crippen molar-refractivity contribution in [3.05, 3.63) is 17.4 Å². The van der Waals surface area contributed by atoms with Crippen LogP contribution >= 0.6 is 0 Å². The molecule has 0 aromatic heterocycles. The van der Waals surface area contributed by atoms with Crippen LogP contribution in [0.15, 0.2) is 6.07 Å². The highest BCUT2D eigenvalue weighted by atomic mass is 32.2. The van der Waals surface area contributed by atoms with Crippen molar-refractivity contribution in [3.8, 4) is 11.5 Å². The molecule has 1 amide bonds. The lowest BCUT2D eigenvalue weighted by molar-refractivity contribution is -0.117. The van der Waals surface area contributed by atoms with E-state index in [1.54, 1.807) is 4.72 Å². The topological polar surface area (TPSA) is 99.2 Å². The number of rotatable bonds is 4. The second-order valence-electron chi connectivity index (χ2n) is 6.41. The van der Waals surface area contributed by atoms with E-state index in [0.29, 0.717) is 22.2 Å². The number of benzene rings is 1. The molecule has 10 heteroatoms. The predicted octanol–water partition coefficient (Wildman–Crippen LogP) is 0.215. The number of hydrogen-bond donors (Lipinski definition) is 2. The Kier molecular flexibility index (Phi) is 4.50. The molecule has 1 aromatic rings. The minimum atomic E-state index is -4.23. The van der Waals surface area contributed by atoms with E-state index in [4.69, 9.17) is 4.74 Å². The van der Waals surface area contributed by atoms with Gasteiger partial charge in [0.1, 0.15) is 18.0 Å². The van der Waals surface area contributed by atoms with Gasteiger partial charge in [-0.3, -0.25) is 4.79 Å². The summed E-state index contributed by atoms with van der Waals surface area (Å²) in [7, 11) is -0.946. The molecule has 25 heavy (non-hydrogen) atoms. The van der Waals surface area contributed by atoms with E-state index in [2.05, 4.69) is 4.90 Å². The maximum absolute atomic E-state index is 14.9. The standard InChI is InChI=1S/C15H20FN3O5S/c1-18-4-3-9(7-18)5-10-6-11(20)14(13(16)15(10)24-2)19-8-12(21)17-25(19,22)23/h6,9,20H,3-5,7-8H2,1-2H3,(H,17,21). The number of amides is 1. The number of phenolic OH excluding ortho intramolecular Hbond substituents is 1. The van der Waals surface area contributed by atoms with Crippen LogP contribution in [0.4, 0.5) is 10.1 Å². The van der Waals surface area contributed by atoms with Gasteiger partial charge in [-0.2, -0.15) is 8.42 Å². The van der Waals surface area contributed by atoms with Gasteiger partial charge in [0.05, 0.1) is 7.11 Å². The van der Waals surface area contributed by atoms with E-state index in [9.17, 15) is 22.7 Å². The first-order chi connectivity index (χ1) is 11.7. The van der Waals surface area contributed by atoms with Crippen molar-refractivity contribution in [1.82, 2.24) is 9.62 Å². The second kappa shape index (κ2) is 6.34. The zero-order valence-corrected chi connectivity index (χ0v) is 14.8. The van der Waals surface area contributed by atoms with Crippen LogP contribution in [0.3, 0.4) is 0 Å². The van der Waals surface area contributed by atoms with E-state index >= 15 is 0 Å². The van der Waals surface area contributed by atoms with E-state index in [-0.39, 0.29) is 5.75 Å². The Bertz CT molecular complexity index is 814. The van der Waals surface area contributed by atoms with Gasteiger partial charge in [0.25, 0.3) is 5.91 Å². The zero-order valence-electron chi connectivity index (χ0n) is 14.0. The van der Waals surface area contributed by atoms with Crippen molar-refractivity contribution in [2.24, 2.45) is 5.92 Å². The molecule has 1 atom stereocenters. The Morgan fingerprint density at radius 3 is 2.72 bits per heavy atom. The van der Waals surface area contributed by atoms with Crippen LogP contribution in [-0.2, 0) is 21.4 Å². The number of aromatic hydroxyl groups is 1. The first-order valence-electron chi connectivity index (χ1n) is 7.83. The minimum absolute atomic E-state index is 0.114. The van der Waals surface area contributed by atoms with Crippen LogP contribution in [0.1, 0.15) is 12.0 Å². The van der Waals surface area contributed by atoms with Crippen molar-refractivity contribution < 1.29 is 27.4 Å². The SMILES string of the molecule is COc1c(CC2CCN(C)C2)cc(O)c(N2CC(=O)NS2(=O)=O)c1F. The number of likely N-dealkylation sites (tertiary alicyclic amines) is 1. The van der Waals surface area contributed by atoms with Crippen LogP contribution in [0.5, 0.6) is 11.5 Å². The molecule has 2 heterocycles. The molecular weight excluding hydrogens is 353 g/mol. The highest BCUT2D eigenvalue weighted by Crippen LogP contribution is 2.41. The number of nitrogens with zero attached hydrogens (tertiary/aromatic N) is 2. The quantitative estimate of drug-likeness (QED) is 0.783. The molecule has 2 saturated heterocycles. The Balaban J connectivity index is 2.00. The second-order valence-corrected chi connectivity index (χ2v) is 8.00. The lowest BCUT2D eigenvalue weighted by Gasteiger charge is -2.21. The van der Waals surface area contributed by atoms with Crippen LogP contribution in [0.25, 0.3) is 0 Å². The molecule has 2 fully saturated rings. The molecule has 1 unspecified atom stereocenters. The number of halogens is 1. The summed E-state index contributed by atoms with van der Waals surface area (Å²) < 4.78 is 46.2. The lowest BCUT2D eigenvalue weighted by Crippen LogP contribution is -2.30. The summed E-state index contributed by atoms with van der Waals surface area (Å²) in [5.74, 6) is -2.15. The minimum Gasteiger partial charge on any atom is -0.506 e. The van der Waals surface area contributed by atoms with E-state index in [0.717, 1.165) is 19.5 Å². The third-order valence-electron chi connectivity index (χ3n) is 4.52. The van der Waals surface area contributed by atoms with Gasteiger partial charge < -0.3 is 14.7 Å². The van der Waals surface area contributed by atoms with Gasteiger partial charge in [0.2, 0.25) is 0 Å². The summed E-state index contributed by atoms with van der Waals surface area (Å²) >= 11 is 0. The molecule has 2 aliphatic rings. The molecule has 0 bridgehead atoms. The molecule has 0 saturated carbocycles. The van der Waals surface area contributed by atoms with Crippen LogP contribution < -0.4 is 13.8 Å². The largest absolute Gasteiger partial charge is 0.506 e. The fourth-order valence-corrected chi connectivity index (χ4v) is 4.58. The average Bonchev–Trinajstić information content (AvgIpc) is 3.01. The number of hydrogen-bond acceptors (Lipinski definition) is 6. The fraction of sp³-hybridized carbons (Fsp3) is 0.533. The van der Waals surface area contributed by atoms with Crippen molar-refractivity contribution >= 4 is 21.8 Å². The number of ether oxygens (including phenoxy) is 1. The average molecular weight is 373 g/mol. The fourth-order valence-electron chi connectivity index (χ4n) is 3.42. The van der Waals surface area contributed by atoms with Crippen LogP contribution in [0, 0.1) is 11.7 Å². The van der Waals surface area contributed by atoms with Gasteiger partial charge in [-0.1, -0.05) is 0 Å². The summed E-state index contributed by atoms with van der Waals surface area (Å²) in [6.07, 6.45) is 1.45. The molecule has 138 valence electrons.